The topological polar surface area (TPSA) is 88.2 Å². The van der Waals surface area contributed by atoms with Gasteiger partial charge in [-0.15, -0.1) is 11.3 Å². The summed E-state index contributed by atoms with van der Waals surface area (Å²) < 4.78 is 27.3. The molecule has 124 valence electrons. The molecule has 1 heterocycles. The van der Waals surface area contributed by atoms with E-state index in [4.69, 9.17) is 0 Å². The van der Waals surface area contributed by atoms with Gasteiger partial charge in [0.25, 0.3) is 0 Å². The smallest absolute Gasteiger partial charge is 0.244 e. The Balaban J connectivity index is 2.13. The van der Waals surface area contributed by atoms with Gasteiger partial charge in [0.2, 0.25) is 15.9 Å². The normalized spacial score (nSPS) is 12.7. The van der Waals surface area contributed by atoms with Crippen molar-refractivity contribution in [2.75, 3.05) is 17.3 Å². The van der Waals surface area contributed by atoms with Crippen molar-refractivity contribution in [3.05, 3.63) is 41.9 Å². The van der Waals surface area contributed by atoms with Gasteiger partial charge >= 0.3 is 0 Å². The number of nitrogens with one attached hydrogen (secondary N) is 2. The first-order valence-electron chi connectivity index (χ1n) is 6.79. The number of thioether (sulfide) groups is 1. The minimum Gasteiger partial charge on any atom is -0.301 e. The van der Waals surface area contributed by atoms with Crippen LogP contribution in [-0.2, 0) is 14.8 Å². The molecule has 0 aliphatic carbocycles. The Morgan fingerprint density at radius 3 is 2.70 bits per heavy atom. The van der Waals surface area contributed by atoms with Crippen LogP contribution < -0.4 is 10.0 Å². The van der Waals surface area contributed by atoms with Crippen molar-refractivity contribution in [3.63, 3.8) is 0 Å². The fraction of sp³-hybridized carbons (Fsp3) is 0.286. The van der Waals surface area contributed by atoms with E-state index in [2.05, 4.69) is 15.0 Å². The lowest BCUT2D eigenvalue weighted by atomic mass is 10.2. The molecule has 0 radical (unpaired) electrons. The first-order valence-corrected chi connectivity index (χ1v) is 10.6. The van der Waals surface area contributed by atoms with E-state index in [0.717, 1.165) is 0 Å². The van der Waals surface area contributed by atoms with Crippen LogP contribution in [0.5, 0.6) is 0 Å². The Morgan fingerprint density at radius 2 is 2.09 bits per heavy atom. The fourth-order valence-electron chi connectivity index (χ4n) is 1.81. The van der Waals surface area contributed by atoms with E-state index in [9.17, 15) is 13.2 Å². The standard InChI is InChI=1S/C14H17N3O3S3/c1-21-9-7-12(13(18)16-14-15-8-10-22-14)17-23(19,20)11-5-3-2-4-6-11/h2-6,8,10,12,17H,7,9H2,1H3,(H,15,16,18). The van der Waals surface area contributed by atoms with Crippen molar-refractivity contribution in [1.82, 2.24) is 9.71 Å². The lowest BCUT2D eigenvalue weighted by Crippen LogP contribution is -2.44. The molecule has 0 saturated carbocycles. The van der Waals surface area contributed by atoms with Crippen LogP contribution in [0.3, 0.4) is 0 Å². The van der Waals surface area contributed by atoms with Gasteiger partial charge in [-0.2, -0.15) is 16.5 Å². The molecule has 0 fully saturated rings. The van der Waals surface area contributed by atoms with Crippen molar-refractivity contribution in [1.29, 1.82) is 0 Å². The van der Waals surface area contributed by atoms with Gasteiger partial charge in [-0.3, -0.25) is 4.79 Å². The Morgan fingerprint density at radius 1 is 1.35 bits per heavy atom. The van der Waals surface area contributed by atoms with Crippen LogP contribution in [0.25, 0.3) is 0 Å². The molecule has 9 heteroatoms. The summed E-state index contributed by atoms with van der Waals surface area (Å²) >= 11 is 2.83. The predicted octanol–water partition coefficient (Wildman–Crippen LogP) is 2.18. The van der Waals surface area contributed by atoms with Gasteiger partial charge in [-0.05, 0) is 30.6 Å². The summed E-state index contributed by atoms with van der Waals surface area (Å²) in [4.78, 5) is 16.5. The number of sulfonamides is 1. The Bertz CT molecular complexity index is 718. The second-order valence-corrected chi connectivity index (χ2v) is 8.19. The monoisotopic (exact) mass is 371 g/mol. The Hall–Kier alpha value is -1.42. The summed E-state index contributed by atoms with van der Waals surface area (Å²) in [6.07, 6.45) is 3.87. The molecular formula is C14H17N3O3S3. The number of carbonyl (C=O) groups is 1. The van der Waals surface area contributed by atoms with E-state index in [1.807, 2.05) is 6.26 Å². The minimum atomic E-state index is -3.75. The number of rotatable bonds is 8. The van der Waals surface area contributed by atoms with Gasteiger partial charge in [0.15, 0.2) is 5.13 Å². The Labute approximate surface area is 143 Å². The predicted molar refractivity (Wildman–Crippen MR) is 94.3 cm³/mol. The van der Waals surface area contributed by atoms with Crippen molar-refractivity contribution in [3.8, 4) is 0 Å². The molecule has 2 aromatic rings. The lowest BCUT2D eigenvalue weighted by molar-refractivity contribution is -0.117. The third kappa shape index (κ3) is 5.31. The lowest BCUT2D eigenvalue weighted by Gasteiger charge is -2.17. The third-order valence-corrected chi connectivity index (χ3v) is 5.76. The number of hydrogen-bond donors (Lipinski definition) is 2. The van der Waals surface area contributed by atoms with Crippen molar-refractivity contribution >= 4 is 44.2 Å². The van der Waals surface area contributed by atoms with Gasteiger partial charge in [-0.1, -0.05) is 18.2 Å². The maximum Gasteiger partial charge on any atom is 0.244 e. The summed E-state index contributed by atoms with van der Waals surface area (Å²) in [6, 6.07) is 7.15. The molecule has 1 unspecified atom stereocenters. The maximum absolute atomic E-state index is 12.4. The fourth-order valence-corrected chi connectivity index (χ4v) is 4.07. The summed E-state index contributed by atoms with van der Waals surface area (Å²) in [5.41, 5.74) is 0. The molecule has 1 atom stereocenters. The number of benzene rings is 1. The van der Waals surface area contributed by atoms with Crippen molar-refractivity contribution in [2.24, 2.45) is 0 Å². The highest BCUT2D eigenvalue weighted by Crippen LogP contribution is 2.14. The average Bonchev–Trinajstić information content (AvgIpc) is 3.05. The SMILES string of the molecule is CSCCC(NS(=O)(=O)c1ccccc1)C(=O)Nc1nccs1. The highest BCUT2D eigenvalue weighted by molar-refractivity contribution is 7.98. The molecule has 6 nitrogen and oxygen atoms in total. The highest BCUT2D eigenvalue weighted by Gasteiger charge is 2.25. The van der Waals surface area contributed by atoms with E-state index < -0.39 is 22.0 Å². The number of hydrogen-bond acceptors (Lipinski definition) is 6. The zero-order valence-electron chi connectivity index (χ0n) is 12.4. The molecular weight excluding hydrogens is 354 g/mol. The summed E-state index contributed by atoms with van der Waals surface area (Å²) in [5, 5.41) is 4.82. The van der Waals surface area contributed by atoms with Gasteiger partial charge in [-0.25, -0.2) is 13.4 Å². The third-order valence-electron chi connectivity index (χ3n) is 2.94. The highest BCUT2D eigenvalue weighted by atomic mass is 32.2. The second kappa shape index (κ2) is 8.44. The average molecular weight is 372 g/mol. The molecule has 1 amide bonds. The molecule has 0 bridgehead atoms. The first-order chi connectivity index (χ1) is 11.0. The van der Waals surface area contributed by atoms with Crippen LogP contribution in [0.15, 0.2) is 46.8 Å². The van der Waals surface area contributed by atoms with E-state index in [1.165, 1.54) is 23.5 Å². The zero-order chi connectivity index (χ0) is 16.7. The molecule has 0 aliphatic heterocycles. The molecule has 0 spiro atoms. The molecule has 2 N–H and O–H groups in total. The van der Waals surface area contributed by atoms with E-state index in [-0.39, 0.29) is 4.90 Å². The summed E-state index contributed by atoms with van der Waals surface area (Å²) in [6.45, 7) is 0. The molecule has 1 aromatic heterocycles. The summed E-state index contributed by atoms with van der Waals surface area (Å²) in [5.74, 6) is 0.251. The number of thiazole rings is 1. The van der Waals surface area contributed by atoms with E-state index >= 15 is 0 Å². The van der Waals surface area contributed by atoms with Gasteiger partial charge in [0.1, 0.15) is 6.04 Å². The first kappa shape index (κ1) is 17.9. The number of nitrogens with zero attached hydrogens (tertiary/aromatic N) is 1. The van der Waals surface area contributed by atoms with Gasteiger partial charge in [0.05, 0.1) is 4.90 Å². The van der Waals surface area contributed by atoms with Crippen LogP contribution in [0.1, 0.15) is 6.42 Å². The number of aromatic nitrogens is 1. The molecule has 2 rings (SSSR count). The van der Waals surface area contributed by atoms with E-state index in [1.54, 1.807) is 41.5 Å². The van der Waals surface area contributed by atoms with Crippen LogP contribution in [0.2, 0.25) is 0 Å². The Kier molecular flexibility index (Phi) is 6.58. The van der Waals surface area contributed by atoms with Gasteiger partial charge < -0.3 is 5.32 Å². The quantitative estimate of drug-likeness (QED) is 0.742. The van der Waals surface area contributed by atoms with Crippen LogP contribution in [0, 0.1) is 0 Å². The zero-order valence-corrected chi connectivity index (χ0v) is 14.9. The maximum atomic E-state index is 12.4. The van der Waals surface area contributed by atoms with Crippen molar-refractivity contribution in [2.45, 2.75) is 17.4 Å². The van der Waals surface area contributed by atoms with Crippen LogP contribution >= 0.6 is 23.1 Å². The largest absolute Gasteiger partial charge is 0.301 e. The minimum absolute atomic E-state index is 0.135. The molecule has 1 aromatic carbocycles. The van der Waals surface area contributed by atoms with Crippen LogP contribution in [-0.4, -0.2) is 37.4 Å². The van der Waals surface area contributed by atoms with Gasteiger partial charge in [0, 0.05) is 11.6 Å². The summed E-state index contributed by atoms with van der Waals surface area (Å²) in [7, 11) is -3.75. The molecule has 0 aliphatic rings. The number of amides is 1. The number of anilines is 1. The molecule has 0 saturated heterocycles. The van der Waals surface area contributed by atoms with E-state index in [0.29, 0.717) is 17.3 Å². The molecule has 23 heavy (non-hydrogen) atoms. The van der Waals surface area contributed by atoms with Crippen molar-refractivity contribution < 1.29 is 13.2 Å². The van der Waals surface area contributed by atoms with Crippen LogP contribution in [0.4, 0.5) is 5.13 Å². The second-order valence-electron chi connectivity index (χ2n) is 4.59. The number of carbonyl (C=O) groups excluding carboxylic acids is 1.